The molecule has 9 nitrogen and oxygen atoms in total. The van der Waals surface area contributed by atoms with Crippen LogP contribution in [0.5, 0.6) is 0 Å². The first-order chi connectivity index (χ1) is 12.0. The van der Waals surface area contributed by atoms with Crippen molar-refractivity contribution in [3.8, 4) is 0 Å². The maximum Gasteiger partial charge on any atom is 0.407 e. The van der Waals surface area contributed by atoms with Crippen molar-refractivity contribution in [1.82, 2.24) is 15.5 Å². The number of hydrogen-bond acceptors (Lipinski definition) is 6. The number of carbonyl (C=O) groups excluding carboxylic acids is 1. The first kappa shape index (κ1) is 26.2. The van der Waals surface area contributed by atoms with Crippen molar-refractivity contribution in [3.63, 3.8) is 0 Å². The zero-order valence-electron chi connectivity index (χ0n) is 16.8. The topological polar surface area (TPSA) is 109 Å². The Balaban J connectivity index is 0.00000676. The maximum atomic E-state index is 11.8. The summed E-state index contributed by atoms with van der Waals surface area (Å²) in [6, 6.07) is 0.00871. The predicted molar refractivity (Wildman–Crippen MR) is 117 cm³/mol. The molecule has 160 valence electrons. The smallest absolute Gasteiger partial charge is 0.407 e. The molecule has 0 aliphatic carbocycles. The number of carbonyl (C=O) groups is 1. The van der Waals surface area contributed by atoms with Crippen molar-refractivity contribution < 1.29 is 22.7 Å². The van der Waals surface area contributed by atoms with Gasteiger partial charge >= 0.3 is 6.09 Å². The molecule has 0 aromatic rings. The van der Waals surface area contributed by atoms with Crippen molar-refractivity contribution in [1.29, 1.82) is 0 Å². The Morgan fingerprint density at radius 1 is 1.30 bits per heavy atom. The second-order valence-electron chi connectivity index (χ2n) is 7.29. The van der Waals surface area contributed by atoms with Crippen molar-refractivity contribution in [2.75, 3.05) is 51.9 Å². The van der Waals surface area contributed by atoms with Gasteiger partial charge in [0.2, 0.25) is 0 Å². The quantitative estimate of drug-likeness (QED) is 0.222. The van der Waals surface area contributed by atoms with Crippen LogP contribution in [0.3, 0.4) is 0 Å². The zero-order valence-corrected chi connectivity index (χ0v) is 19.9. The van der Waals surface area contributed by atoms with Crippen molar-refractivity contribution in [2.24, 2.45) is 4.99 Å². The minimum absolute atomic E-state index is 0. The van der Waals surface area contributed by atoms with E-state index in [0.717, 1.165) is 18.9 Å². The van der Waals surface area contributed by atoms with Crippen molar-refractivity contribution in [3.05, 3.63) is 0 Å². The summed E-state index contributed by atoms with van der Waals surface area (Å²) in [4.78, 5) is 18.1. The van der Waals surface area contributed by atoms with Gasteiger partial charge in [-0.25, -0.2) is 13.2 Å². The molecule has 1 atom stereocenters. The fourth-order valence-corrected chi connectivity index (χ4v) is 2.84. The molecule has 1 saturated heterocycles. The first-order valence-corrected chi connectivity index (χ1v) is 10.8. The highest BCUT2D eigenvalue weighted by atomic mass is 127. The number of nitrogens with zero attached hydrogens (tertiary/aromatic N) is 2. The number of aliphatic imine (C=N–C) groups is 1. The third-order valence-electron chi connectivity index (χ3n) is 3.55. The molecule has 0 aromatic carbocycles. The number of guanidine groups is 1. The largest absolute Gasteiger partial charge is 0.444 e. The van der Waals surface area contributed by atoms with Gasteiger partial charge in [-0.2, -0.15) is 0 Å². The lowest BCUT2D eigenvalue weighted by molar-refractivity contribution is 0.0507. The summed E-state index contributed by atoms with van der Waals surface area (Å²) in [6.07, 6.45) is 1.59. The highest BCUT2D eigenvalue weighted by Crippen LogP contribution is 2.11. The van der Waals surface area contributed by atoms with E-state index in [0.29, 0.717) is 19.7 Å². The van der Waals surface area contributed by atoms with Crippen LogP contribution in [0, 0.1) is 0 Å². The lowest BCUT2D eigenvalue weighted by Crippen LogP contribution is -2.44. The molecule has 0 radical (unpaired) electrons. The number of likely N-dealkylation sites (tertiary alicyclic amines) is 1. The Labute approximate surface area is 179 Å². The van der Waals surface area contributed by atoms with Gasteiger partial charge < -0.3 is 25.0 Å². The molecule has 1 heterocycles. The lowest BCUT2D eigenvalue weighted by atomic mass is 10.2. The van der Waals surface area contributed by atoms with Gasteiger partial charge in [0.1, 0.15) is 15.4 Å². The maximum absolute atomic E-state index is 11.8. The number of hydrogen-bond donors (Lipinski definition) is 2. The Bertz CT molecular complexity index is 592. The Morgan fingerprint density at radius 2 is 1.96 bits per heavy atom. The first-order valence-electron chi connectivity index (χ1n) is 8.71. The van der Waals surface area contributed by atoms with Crippen LogP contribution >= 0.6 is 24.0 Å². The van der Waals surface area contributed by atoms with E-state index in [1.165, 1.54) is 6.26 Å². The average Bonchev–Trinajstić information content (AvgIpc) is 2.91. The van der Waals surface area contributed by atoms with E-state index < -0.39 is 21.5 Å². The molecule has 1 aliphatic rings. The van der Waals surface area contributed by atoms with E-state index >= 15 is 0 Å². The van der Waals surface area contributed by atoms with E-state index in [1.807, 2.05) is 20.8 Å². The van der Waals surface area contributed by atoms with E-state index in [4.69, 9.17) is 9.47 Å². The average molecular weight is 520 g/mol. The van der Waals surface area contributed by atoms with E-state index in [-0.39, 0.29) is 42.4 Å². The number of halogens is 1. The van der Waals surface area contributed by atoms with Crippen LogP contribution in [0.4, 0.5) is 4.79 Å². The number of alkyl carbamates (subject to hydrolysis) is 1. The van der Waals surface area contributed by atoms with Crippen LogP contribution < -0.4 is 10.6 Å². The molecule has 1 amide bonds. The number of sulfone groups is 1. The van der Waals surface area contributed by atoms with Crippen LogP contribution in [0.15, 0.2) is 4.99 Å². The van der Waals surface area contributed by atoms with Gasteiger partial charge in [-0.3, -0.25) is 4.99 Å². The molecule has 27 heavy (non-hydrogen) atoms. The second-order valence-corrected chi connectivity index (χ2v) is 9.55. The van der Waals surface area contributed by atoms with Gasteiger partial charge in [0.15, 0.2) is 5.96 Å². The lowest BCUT2D eigenvalue weighted by Gasteiger charge is -2.23. The number of nitrogens with one attached hydrogen (secondary N) is 2. The molecule has 11 heteroatoms. The Hall–Kier alpha value is -0.820. The standard InChI is InChI=1S/C16H32N4O5S.HI/c1-16(2,3)25-15(21)19-13-6-8-20(12-13)14(17-4)18-7-9-24-10-11-26(5,22)23;/h13H,6-12H2,1-5H3,(H,17,18)(H,19,21);1H. The molecule has 1 unspecified atom stereocenters. The van der Waals surface area contributed by atoms with Crippen LogP contribution in [-0.2, 0) is 19.3 Å². The van der Waals surface area contributed by atoms with Crippen LogP contribution in [0.1, 0.15) is 27.2 Å². The number of amides is 1. The summed E-state index contributed by atoms with van der Waals surface area (Å²) < 4.78 is 32.6. The molecular formula is C16H33IN4O5S. The summed E-state index contributed by atoms with van der Waals surface area (Å²) >= 11 is 0. The fraction of sp³-hybridized carbons (Fsp3) is 0.875. The van der Waals surface area contributed by atoms with Gasteiger partial charge in [0, 0.05) is 32.9 Å². The molecule has 1 aliphatic heterocycles. The van der Waals surface area contributed by atoms with E-state index in [1.54, 1.807) is 7.05 Å². The molecule has 0 saturated carbocycles. The zero-order chi connectivity index (χ0) is 19.8. The number of rotatable bonds is 7. The Kier molecular flexibility index (Phi) is 11.5. The van der Waals surface area contributed by atoms with E-state index in [9.17, 15) is 13.2 Å². The molecular weight excluding hydrogens is 487 g/mol. The Morgan fingerprint density at radius 3 is 2.52 bits per heavy atom. The molecule has 2 N–H and O–H groups in total. The third kappa shape index (κ3) is 12.3. The molecule has 0 bridgehead atoms. The summed E-state index contributed by atoms with van der Waals surface area (Å²) in [5, 5.41) is 6.05. The minimum Gasteiger partial charge on any atom is -0.444 e. The van der Waals surface area contributed by atoms with Crippen molar-refractivity contribution in [2.45, 2.75) is 38.8 Å². The SMILES string of the molecule is CN=C(NCCOCCS(C)(=O)=O)N1CCC(NC(=O)OC(C)(C)C)C1.I. The van der Waals surface area contributed by atoms with Crippen LogP contribution in [0.25, 0.3) is 0 Å². The van der Waals surface area contributed by atoms with Crippen LogP contribution in [0.2, 0.25) is 0 Å². The predicted octanol–water partition coefficient (Wildman–Crippen LogP) is 0.840. The molecule has 1 fully saturated rings. The van der Waals surface area contributed by atoms with Gasteiger partial charge in [0.25, 0.3) is 0 Å². The molecule has 0 aromatic heterocycles. The summed E-state index contributed by atoms with van der Waals surface area (Å²) in [5.41, 5.74) is -0.517. The minimum atomic E-state index is -3.00. The molecule has 0 spiro atoms. The van der Waals surface area contributed by atoms with E-state index in [2.05, 4.69) is 20.5 Å². The van der Waals surface area contributed by atoms with Gasteiger partial charge in [-0.1, -0.05) is 0 Å². The fourth-order valence-electron chi connectivity index (χ4n) is 2.42. The summed E-state index contributed by atoms with van der Waals surface area (Å²) in [5.74, 6) is 0.747. The van der Waals surface area contributed by atoms with Gasteiger partial charge in [-0.15, -0.1) is 24.0 Å². The van der Waals surface area contributed by atoms with Crippen molar-refractivity contribution >= 4 is 45.9 Å². The summed E-state index contributed by atoms with van der Waals surface area (Å²) in [7, 11) is -1.30. The normalized spacial score (nSPS) is 18.0. The highest BCUT2D eigenvalue weighted by Gasteiger charge is 2.27. The monoisotopic (exact) mass is 520 g/mol. The summed E-state index contributed by atoms with van der Waals surface area (Å²) in [6.45, 7) is 8.01. The highest BCUT2D eigenvalue weighted by molar-refractivity contribution is 14.0. The van der Waals surface area contributed by atoms with Gasteiger partial charge in [0.05, 0.1) is 25.0 Å². The second kappa shape index (κ2) is 11.9. The van der Waals surface area contributed by atoms with Crippen LogP contribution in [-0.4, -0.2) is 88.9 Å². The van der Waals surface area contributed by atoms with Gasteiger partial charge in [-0.05, 0) is 27.2 Å². The number of ether oxygens (including phenoxy) is 2. The molecule has 1 rings (SSSR count). The third-order valence-corrected chi connectivity index (χ3v) is 4.46.